The number of hydrogen-bond acceptors (Lipinski definition) is 5. The molecule has 2 heterocycles. The van der Waals surface area contributed by atoms with Crippen LogP contribution in [0.1, 0.15) is 25.3 Å². The summed E-state index contributed by atoms with van der Waals surface area (Å²) in [5, 5.41) is 0.557. The van der Waals surface area contributed by atoms with Gasteiger partial charge in [0.2, 0.25) is 17.7 Å². The molecule has 2 aromatic rings. The van der Waals surface area contributed by atoms with Crippen molar-refractivity contribution >= 4 is 46.7 Å². The third-order valence-electron chi connectivity index (χ3n) is 7.11. The Kier molecular flexibility index (Phi) is 5.97. The number of imide groups is 1. The van der Waals surface area contributed by atoms with Gasteiger partial charge in [0.15, 0.2) is 0 Å². The summed E-state index contributed by atoms with van der Waals surface area (Å²) in [5.74, 6) is -2.04. The van der Waals surface area contributed by atoms with E-state index in [1.807, 2.05) is 32.1 Å². The predicted molar refractivity (Wildman–Crippen MR) is 131 cm³/mol. The number of esters is 1. The number of halogens is 1. The lowest BCUT2D eigenvalue weighted by molar-refractivity contribution is -0.139. The van der Waals surface area contributed by atoms with Crippen molar-refractivity contribution in [1.82, 2.24) is 0 Å². The van der Waals surface area contributed by atoms with E-state index in [4.69, 9.17) is 16.3 Å². The quantitative estimate of drug-likeness (QED) is 0.275. The van der Waals surface area contributed by atoms with Crippen molar-refractivity contribution in [3.63, 3.8) is 0 Å². The zero-order valence-electron chi connectivity index (χ0n) is 19.4. The van der Waals surface area contributed by atoms with Gasteiger partial charge in [-0.05, 0) is 61.2 Å². The van der Waals surface area contributed by atoms with E-state index < -0.39 is 11.9 Å². The zero-order valence-corrected chi connectivity index (χ0v) is 20.2. The largest absolute Gasteiger partial charge is 0.426 e. The minimum absolute atomic E-state index is 0.0139. The fourth-order valence-corrected chi connectivity index (χ4v) is 5.30. The molecule has 8 heteroatoms. The Hall–Kier alpha value is -3.45. The average Bonchev–Trinajstić information content (AvgIpc) is 3.34. The third-order valence-corrected chi connectivity index (χ3v) is 7.52. The molecule has 35 heavy (non-hydrogen) atoms. The summed E-state index contributed by atoms with van der Waals surface area (Å²) in [6.07, 6.45) is 4.57. The fourth-order valence-electron chi connectivity index (χ4n) is 5.13. The van der Waals surface area contributed by atoms with E-state index in [2.05, 4.69) is 0 Å². The second kappa shape index (κ2) is 8.96. The van der Waals surface area contributed by atoms with E-state index in [9.17, 15) is 19.2 Å². The molecule has 2 saturated heterocycles. The number of aryl methyl sites for hydroxylation is 1. The molecule has 3 amide bonds. The second-order valence-corrected chi connectivity index (χ2v) is 9.83. The van der Waals surface area contributed by atoms with Gasteiger partial charge in [0, 0.05) is 23.7 Å². The van der Waals surface area contributed by atoms with E-state index in [1.54, 1.807) is 41.3 Å². The highest BCUT2D eigenvalue weighted by Gasteiger charge is 2.50. The number of anilines is 2. The highest BCUT2D eigenvalue weighted by molar-refractivity contribution is 6.31. The number of allylic oxidation sites excluding steroid dienone is 2. The molecule has 0 aromatic heterocycles. The van der Waals surface area contributed by atoms with Crippen LogP contribution in [0, 0.1) is 30.6 Å². The molecule has 5 rings (SSSR count). The Labute approximate surface area is 208 Å². The average molecular weight is 493 g/mol. The number of carbonyl (C=O) groups is 4. The Morgan fingerprint density at radius 1 is 1.03 bits per heavy atom. The minimum Gasteiger partial charge on any atom is -0.426 e. The first-order valence-electron chi connectivity index (χ1n) is 11.7. The van der Waals surface area contributed by atoms with Gasteiger partial charge < -0.3 is 9.64 Å². The molecule has 7 nitrogen and oxygen atoms in total. The van der Waals surface area contributed by atoms with E-state index in [0.717, 1.165) is 5.56 Å². The summed E-state index contributed by atoms with van der Waals surface area (Å²) >= 11 is 6.19. The Morgan fingerprint density at radius 3 is 2.43 bits per heavy atom. The van der Waals surface area contributed by atoms with E-state index in [-0.39, 0.29) is 54.2 Å². The summed E-state index contributed by atoms with van der Waals surface area (Å²) in [6.45, 7) is 4.04. The van der Waals surface area contributed by atoms with Crippen molar-refractivity contribution in [1.29, 1.82) is 0 Å². The van der Waals surface area contributed by atoms with Gasteiger partial charge in [-0.1, -0.05) is 36.7 Å². The summed E-state index contributed by atoms with van der Waals surface area (Å²) in [6, 6.07) is 11.7. The van der Waals surface area contributed by atoms with Crippen LogP contribution >= 0.6 is 11.6 Å². The number of ether oxygens (including phenoxy) is 1. The Morgan fingerprint density at radius 2 is 1.74 bits per heavy atom. The number of rotatable bonds is 4. The molecule has 0 unspecified atom stereocenters. The highest BCUT2D eigenvalue weighted by Crippen LogP contribution is 2.40. The number of benzene rings is 2. The van der Waals surface area contributed by atoms with Crippen LogP contribution in [0.15, 0.2) is 54.6 Å². The maximum absolute atomic E-state index is 13.0. The summed E-state index contributed by atoms with van der Waals surface area (Å²) in [7, 11) is 0. The molecule has 2 fully saturated rings. The molecule has 0 saturated carbocycles. The molecule has 2 aliphatic heterocycles. The number of hydrogen-bond donors (Lipinski definition) is 0. The lowest BCUT2D eigenvalue weighted by Crippen LogP contribution is -2.31. The first kappa shape index (κ1) is 23.3. The van der Waals surface area contributed by atoms with Crippen LogP contribution in [-0.2, 0) is 19.2 Å². The summed E-state index contributed by atoms with van der Waals surface area (Å²) in [5.41, 5.74) is 2.01. The molecule has 0 radical (unpaired) electrons. The maximum atomic E-state index is 13.0. The topological polar surface area (TPSA) is 84.0 Å². The maximum Gasteiger partial charge on any atom is 0.316 e. The van der Waals surface area contributed by atoms with Crippen LogP contribution in [0.25, 0.3) is 0 Å². The second-order valence-electron chi connectivity index (χ2n) is 9.42. The van der Waals surface area contributed by atoms with Crippen molar-refractivity contribution < 1.29 is 23.9 Å². The minimum atomic E-state index is -0.610. The molecule has 0 N–H and O–H groups in total. The summed E-state index contributed by atoms with van der Waals surface area (Å²) < 4.78 is 5.51. The lowest BCUT2D eigenvalue weighted by Gasteiger charge is -2.22. The number of nitrogens with zero attached hydrogens (tertiary/aromatic N) is 2. The molecular weight excluding hydrogens is 468 g/mol. The first-order chi connectivity index (χ1) is 16.7. The van der Waals surface area contributed by atoms with E-state index in [0.29, 0.717) is 22.8 Å². The van der Waals surface area contributed by atoms with Gasteiger partial charge >= 0.3 is 5.97 Å². The van der Waals surface area contributed by atoms with Crippen molar-refractivity contribution in [3.8, 4) is 5.75 Å². The van der Waals surface area contributed by atoms with E-state index >= 15 is 0 Å². The van der Waals surface area contributed by atoms with Gasteiger partial charge in [-0.2, -0.15) is 0 Å². The Balaban J connectivity index is 1.25. The molecule has 0 spiro atoms. The van der Waals surface area contributed by atoms with Gasteiger partial charge in [-0.15, -0.1) is 0 Å². The molecule has 0 bridgehead atoms. The number of amides is 3. The van der Waals surface area contributed by atoms with E-state index in [1.165, 1.54) is 4.90 Å². The van der Waals surface area contributed by atoms with Gasteiger partial charge in [0.1, 0.15) is 5.75 Å². The fraction of sp³-hybridized carbons (Fsp3) is 0.333. The van der Waals surface area contributed by atoms with Crippen LogP contribution in [0.4, 0.5) is 11.4 Å². The third kappa shape index (κ3) is 4.14. The van der Waals surface area contributed by atoms with Crippen LogP contribution in [-0.4, -0.2) is 30.2 Å². The molecule has 4 atom stereocenters. The van der Waals surface area contributed by atoms with Crippen LogP contribution in [0.5, 0.6) is 5.75 Å². The normalized spacial score (nSPS) is 25.9. The number of carbonyl (C=O) groups excluding carboxylic acids is 4. The molecule has 1 aliphatic carbocycles. The van der Waals surface area contributed by atoms with Crippen molar-refractivity contribution in [2.75, 3.05) is 16.3 Å². The SMILES string of the molecule is Cc1ccc(N2C[C@H](C(=O)Oc3ccc(N4C(=O)[C@H]5[C@H](C)C=CC[C@H]5C4=O)cc3)CC2=O)cc1Cl. The highest BCUT2D eigenvalue weighted by atomic mass is 35.5. The molecule has 180 valence electrons. The van der Waals surface area contributed by atoms with Gasteiger partial charge in [-0.25, -0.2) is 0 Å². The van der Waals surface area contributed by atoms with Crippen LogP contribution in [0.2, 0.25) is 5.02 Å². The van der Waals surface area contributed by atoms with Crippen LogP contribution in [0.3, 0.4) is 0 Å². The van der Waals surface area contributed by atoms with Crippen molar-refractivity contribution in [3.05, 3.63) is 65.2 Å². The van der Waals surface area contributed by atoms with Crippen LogP contribution < -0.4 is 14.5 Å². The molecule has 3 aliphatic rings. The van der Waals surface area contributed by atoms with Gasteiger partial charge in [-0.3, -0.25) is 24.1 Å². The predicted octanol–water partition coefficient (Wildman–Crippen LogP) is 4.31. The Bertz CT molecular complexity index is 1250. The van der Waals surface area contributed by atoms with Gasteiger partial charge in [0.05, 0.1) is 23.4 Å². The zero-order chi connectivity index (χ0) is 24.9. The lowest BCUT2D eigenvalue weighted by atomic mass is 9.78. The number of fused-ring (bicyclic) bond motifs is 1. The summed E-state index contributed by atoms with van der Waals surface area (Å²) in [4.78, 5) is 53.9. The van der Waals surface area contributed by atoms with Crippen molar-refractivity contribution in [2.24, 2.45) is 23.7 Å². The van der Waals surface area contributed by atoms with Gasteiger partial charge in [0.25, 0.3) is 0 Å². The molecule has 2 aromatic carbocycles. The molecular formula is C27H25ClN2O5. The van der Waals surface area contributed by atoms with Crippen molar-refractivity contribution in [2.45, 2.75) is 26.7 Å². The standard InChI is InChI=1S/C27H25ClN2O5/c1-15-6-7-19(13-22(15)28)29-14-17(12-23(29)31)27(34)35-20-10-8-18(9-11-20)30-25(32)21-5-3-4-16(2)24(21)26(30)33/h3-4,6-11,13,16-17,21,24H,5,12,14H2,1-2H3/t16-,17-,21-,24+/m1/s1. The first-order valence-corrected chi connectivity index (χ1v) is 12.0. The smallest absolute Gasteiger partial charge is 0.316 e. The monoisotopic (exact) mass is 492 g/mol.